The van der Waals surface area contributed by atoms with Crippen LogP contribution in [0.25, 0.3) is 11.0 Å². The van der Waals surface area contributed by atoms with Gasteiger partial charge in [-0.3, -0.25) is 0 Å². The molecule has 18 heavy (non-hydrogen) atoms. The normalized spacial score (nSPS) is 15.8. The summed E-state index contributed by atoms with van der Waals surface area (Å²) in [5.74, 6) is 1.36. The summed E-state index contributed by atoms with van der Waals surface area (Å²) in [6.07, 6.45) is 2.39. The zero-order chi connectivity index (χ0) is 12.7. The van der Waals surface area contributed by atoms with Crippen LogP contribution in [-0.4, -0.2) is 6.04 Å². The van der Waals surface area contributed by atoms with Gasteiger partial charge in [-0.05, 0) is 37.0 Å². The summed E-state index contributed by atoms with van der Waals surface area (Å²) >= 11 is 0. The molecule has 1 aromatic carbocycles. The number of hydrogen-bond acceptors (Lipinski definition) is 2. The number of benzene rings is 1. The smallest absolute Gasteiger partial charge is 0.134 e. The van der Waals surface area contributed by atoms with E-state index in [2.05, 4.69) is 19.2 Å². The predicted molar refractivity (Wildman–Crippen MR) is 70.1 cm³/mol. The van der Waals surface area contributed by atoms with E-state index in [1.807, 2.05) is 0 Å². The van der Waals surface area contributed by atoms with E-state index >= 15 is 0 Å². The third kappa shape index (κ3) is 2.15. The van der Waals surface area contributed by atoms with Crippen LogP contribution in [0.2, 0.25) is 0 Å². The molecule has 0 amide bonds. The second-order valence-electron chi connectivity index (χ2n) is 5.39. The van der Waals surface area contributed by atoms with Crippen LogP contribution in [0.3, 0.4) is 0 Å². The Balaban J connectivity index is 2.04. The van der Waals surface area contributed by atoms with E-state index in [1.54, 1.807) is 12.1 Å². The van der Waals surface area contributed by atoms with Gasteiger partial charge in [-0.25, -0.2) is 4.39 Å². The van der Waals surface area contributed by atoms with Crippen LogP contribution in [0.4, 0.5) is 4.39 Å². The number of halogens is 1. The van der Waals surface area contributed by atoms with Gasteiger partial charge in [0.25, 0.3) is 0 Å². The van der Waals surface area contributed by atoms with Crippen molar-refractivity contribution in [2.75, 3.05) is 0 Å². The molecule has 0 unspecified atom stereocenters. The Morgan fingerprint density at radius 2 is 2.17 bits per heavy atom. The first-order valence-electron chi connectivity index (χ1n) is 6.59. The van der Waals surface area contributed by atoms with Crippen molar-refractivity contribution in [2.24, 2.45) is 0 Å². The standard InChI is InChI=1S/C15H18FNO/c1-9(2)17-8-14-15(10-3-4-10)12-7-11(16)5-6-13(12)18-14/h5-7,9-10,17H,3-4,8H2,1-2H3. The summed E-state index contributed by atoms with van der Waals surface area (Å²) in [4.78, 5) is 0. The van der Waals surface area contributed by atoms with Gasteiger partial charge in [-0.1, -0.05) is 13.8 Å². The number of furan rings is 1. The van der Waals surface area contributed by atoms with Crippen molar-refractivity contribution in [1.82, 2.24) is 5.32 Å². The van der Waals surface area contributed by atoms with Crippen LogP contribution < -0.4 is 5.32 Å². The van der Waals surface area contributed by atoms with Gasteiger partial charge < -0.3 is 9.73 Å². The largest absolute Gasteiger partial charge is 0.459 e. The van der Waals surface area contributed by atoms with Crippen LogP contribution in [-0.2, 0) is 6.54 Å². The second-order valence-corrected chi connectivity index (χ2v) is 5.39. The van der Waals surface area contributed by atoms with Crippen LogP contribution in [0.1, 0.15) is 43.9 Å². The molecule has 0 radical (unpaired) electrons. The molecule has 0 spiro atoms. The van der Waals surface area contributed by atoms with Crippen molar-refractivity contribution in [3.8, 4) is 0 Å². The summed E-state index contributed by atoms with van der Waals surface area (Å²) in [6.45, 7) is 4.94. The van der Waals surface area contributed by atoms with Crippen LogP contribution in [0.5, 0.6) is 0 Å². The molecule has 1 N–H and O–H groups in total. The van der Waals surface area contributed by atoms with Gasteiger partial charge in [-0.15, -0.1) is 0 Å². The zero-order valence-corrected chi connectivity index (χ0v) is 10.8. The Labute approximate surface area is 106 Å². The van der Waals surface area contributed by atoms with Crippen molar-refractivity contribution in [3.05, 3.63) is 35.3 Å². The minimum atomic E-state index is -0.187. The number of fused-ring (bicyclic) bond motifs is 1. The molecule has 2 aromatic rings. The lowest BCUT2D eigenvalue weighted by molar-refractivity contribution is 0.483. The van der Waals surface area contributed by atoms with E-state index in [9.17, 15) is 4.39 Å². The minimum absolute atomic E-state index is 0.187. The summed E-state index contributed by atoms with van der Waals surface area (Å²) in [5, 5.41) is 4.33. The highest BCUT2D eigenvalue weighted by Crippen LogP contribution is 2.46. The first kappa shape index (κ1) is 11.7. The van der Waals surface area contributed by atoms with Crippen molar-refractivity contribution in [1.29, 1.82) is 0 Å². The van der Waals surface area contributed by atoms with Crippen LogP contribution in [0.15, 0.2) is 22.6 Å². The molecule has 1 aliphatic rings. The van der Waals surface area contributed by atoms with Gasteiger partial charge in [0.2, 0.25) is 0 Å². The highest BCUT2D eigenvalue weighted by molar-refractivity contribution is 5.83. The van der Waals surface area contributed by atoms with Gasteiger partial charge in [0.1, 0.15) is 17.2 Å². The molecule has 3 heteroatoms. The number of nitrogens with one attached hydrogen (secondary N) is 1. The molecule has 1 saturated carbocycles. The van der Waals surface area contributed by atoms with Gasteiger partial charge in [-0.2, -0.15) is 0 Å². The molecular formula is C15H18FNO. The molecule has 1 aliphatic carbocycles. The van der Waals surface area contributed by atoms with Crippen molar-refractivity contribution < 1.29 is 8.81 Å². The lowest BCUT2D eigenvalue weighted by Gasteiger charge is -2.07. The Morgan fingerprint density at radius 3 is 2.83 bits per heavy atom. The summed E-state index contributed by atoms with van der Waals surface area (Å²) in [6, 6.07) is 5.21. The van der Waals surface area contributed by atoms with Crippen LogP contribution >= 0.6 is 0 Å². The monoisotopic (exact) mass is 247 g/mol. The molecular weight excluding hydrogens is 229 g/mol. The van der Waals surface area contributed by atoms with Crippen molar-refractivity contribution in [2.45, 2.75) is 45.2 Å². The molecule has 2 nitrogen and oxygen atoms in total. The minimum Gasteiger partial charge on any atom is -0.459 e. The zero-order valence-electron chi connectivity index (χ0n) is 10.8. The van der Waals surface area contributed by atoms with E-state index in [0.717, 1.165) is 23.3 Å². The molecule has 96 valence electrons. The Hall–Kier alpha value is -1.35. The number of rotatable bonds is 4. The van der Waals surface area contributed by atoms with E-state index < -0.39 is 0 Å². The molecule has 3 rings (SSSR count). The fourth-order valence-electron chi connectivity index (χ4n) is 2.39. The summed E-state index contributed by atoms with van der Waals surface area (Å²) in [5.41, 5.74) is 2.02. The second kappa shape index (κ2) is 4.39. The van der Waals surface area contributed by atoms with E-state index in [0.29, 0.717) is 12.0 Å². The van der Waals surface area contributed by atoms with E-state index in [4.69, 9.17) is 4.42 Å². The average Bonchev–Trinajstić information content (AvgIpc) is 3.08. The average molecular weight is 247 g/mol. The summed E-state index contributed by atoms with van der Waals surface area (Å²) in [7, 11) is 0. The van der Waals surface area contributed by atoms with E-state index in [1.165, 1.54) is 24.5 Å². The van der Waals surface area contributed by atoms with Gasteiger partial charge in [0.05, 0.1) is 6.54 Å². The Bertz CT molecular complexity index is 569. The molecule has 0 atom stereocenters. The van der Waals surface area contributed by atoms with Crippen LogP contribution in [0, 0.1) is 5.82 Å². The lowest BCUT2D eigenvalue weighted by atomic mass is 10.1. The maximum Gasteiger partial charge on any atom is 0.134 e. The first-order valence-corrected chi connectivity index (χ1v) is 6.59. The first-order chi connectivity index (χ1) is 8.65. The summed E-state index contributed by atoms with van der Waals surface area (Å²) < 4.78 is 19.2. The maximum absolute atomic E-state index is 13.4. The lowest BCUT2D eigenvalue weighted by Crippen LogP contribution is -2.22. The topological polar surface area (TPSA) is 25.2 Å². The fourth-order valence-corrected chi connectivity index (χ4v) is 2.39. The molecule has 1 heterocycles. The molecule has 0 saturated heterocycles. The molecule has 0 aliphatic heterocycles. The van der Waals surface area contributed by atoms with Gasteiger partial charge in [0.15, 0.2) is 0 Å². The number of hydrogen-bond donors (Lipinski definition) is 1. The third-order valence-electron chi connectivity index (χ3n) is 3.42. The molecule has 1 fully saturated rings. The van der Waals surface area contributed by atoms with Gasteiger partial charge >= 0.3 is 0 Å². The van der Waals surface area contributed by atoms with E-state index in [-0.39, 0.29) is 5.82 Å². The molecule has 0 bridgehead atoms. The SMILES string of the molecule is CC(C)NCc1oc2ccc(F)cc2c1C1CC1. The fraction of sp³-hybridized carbons (Fsp3) is 0.467. The quantitative estimate of drug-likeness (QED) is 0.885. The Morgan fingerprint density at radius 1 is 1.39 bits per heavy atom. The van der Waals surface area contributed by atoms with Gasteiger partial charge in [0, 0.05) is 17.0 Å². The van der Waals surface area contributed by atoms with Crippen molar-refractivity contribution in [3.63, 3.8) is 0 Å². The molecule has 1 aromatic heterocycles. The maximum atomic E-state index is 13.4. The predicted octanol–water partition coefficient (Wildman–Crippen LogP) is 3.95. The third-order valence-corrected chi connectivity index (χ3v) is 3.42. The highest BCUT2D eigenvalue weighted by atomic mass is 19.1. The Kier molecular flexibility index (Phi) is 2.86. The highest BCUT2D eigenvalue weighted by Gasteiger charge is 2.30. The van der Waals surface area contributed by atoms with Crippen molar-refractivity contribution >= 4 is 11.0 Å².